The summed E-state index contributed by atoms with van der Waals surface area (Å²) in [5, 5.41) is 8.28. The fourth-order valence-electron chi connectivity index (χ4n) is 3.17. The van der Waals surface area contributed by atoms with Gasteiger partial charge in [0.15, 0.2) is 16.8 Å². The van der Waals surface area contributed by atoms with Gasteiger partial charge in [-0.3, -0.25) is 4.98 Å². The molecule has 0 radical (unpaired) electrons. The lowest BCUT2D eigenvalue weighted by Crippen LogP contribution is -2.05. The van der Waals surface area contributed by atoms with E-state index in [4.69, 9.17) is 5.73 Å². The number of pyridine rings is 1. The van der Waals surface area contributed by atoms with Gasteiger partial charge in [-0.2, -0.15) is 0 Å². The second-order valence-corrected chi connectivity index (χ2v) is 7.59. The Labute approximate surface area is 170 Å². The molecule has 29 heavy (non-hydrogen) atoms. The zero-order valence-electron chi connectivity index (χ0n) is 15.5. The minimum Gasteiger partial charge on any atom is -0.393 e. The number of nitrogens with two attached hydrogens (primary N) is 1. The standard InChI is InChI=1S/C21H17N7S/c1-12-5-2-9-15-17(12)27-21(29-15)28-20-16(22)19(24-11-25-20)26-14-8-3-6-13-7-4-10-23-18(13)14/h2-11H,22H2,1H3,(H2,24,25,26,27,28). The highest BCUT2D eigenvalue weighted by atomic mass is 32.1. The lowest BCUT2D eigenvalue weighted by atomic mass is 10.2. The van der Waals surface area contributed by atoms with E-state index in [1.165, 1.54) is 6.33 Å². The van der Waals surface area contributed by atoms with Gasteiger partial charge in [0.25, 0.3) is 0 Å². The van der Waals surface area contributed by atoms with Crippen LogP contribution in [0.3, 0.4) is 0 Å². The normalized spacial score (nSPS) is 11.1. The maximum Gasteiger partial charge on any atom is 0.189 e. The van der Waals surface area contributed by atoms with E-state index < -0.39 is 0 Å². The van der Waals surface area contributed by atoms with Gasteiger partial charge in [0, 0.05) is 11.6 Å². The summed E-state index contributed by atoms with van der Waals surface area (Å²) < 4.78 is 1.11. The molecule has 7 nitrogen and oxygen atoms in total. The van der Waals surface area contributed by atoms with Gasteiger partial charge in [-0.1, -0.05) is 41.7 Å². The van der Waals surface area contributed by atoms with Crippen LogP contribution in [-0.4, -0.2) is 19.9 Å². The van der Waals surface area contributed by atoms with Crippen LogP contribution in [0, 0.1) is 6.92 Å². The molecule has 8 heteroatoms. The van der Waals surface area contributed by atoms with E-state index in [-0.39, 0.29) is 0 Å². The monoisotopic (exact) mass is 399 g/mol. The molecule has 0 saturated carbocycles. The maximum atomic E-state index is 6.35. The highest BCUT2D eigenvalue weighted by Gasteiger charge is 2.13. The Hall–Kier alpha value is -3.78. The summed E-state index contributed by atoms with van der Waals surface area (Å²) in [6, 6.07) is 16.0. The average Bonchev–Trinajstić information content (AvgIpc) is 3.15. The molecule has 0 unspecified atom stereocenters. The highest BCUT2D eigenvalue weighted by Crippen LogP contribution is 2.33. The average molecular weight is 399 g/mol. The van der Waals surface area contributed by atoms with Crippen molar-refractivity contribution >= 4 is 60.6 Å². The van der Waals surface area contributed by atoms with Gasteiger partial charge in [0.1, 0.15) is 12.0 Å². The molecular formula is C21H17N7S. The first-order valence-electron chi connectivity index (χ1n) is 9.03. The van der Waals surface area contributed by atoms with Crippen LogP contribution in [0.5, 0.6) is 0 Å². The van der Waals surface area contributed by atoms with Crippen LogP contribution in [0.15, 0.2) is 61.1 Å². The quantitative estimate of drug-likeness (QED) is 0.390. The lowest BCUT2D eigenvalue weighted by Gasteiger charge is -2.12. The van der Waals surface area contributed by atoms with Crippen molar-refractivity contribution in [3.63, 3.8) is 0 Å². The van der Waals surface area contributed by atoms with Crippen LogP contribution in [-0.2, 0) is 0 Å². The molecule has 0 amide bonds. The minimum absolute atomic E-state index is 0.413. The summed E-state index contributed by atoms with van der Waals surface area (Å²) >= 11 is 1.56. The van der Waals surface area contributed by atoms with Crippen molar-refractivity contribution in [2.75, 3.05) is 16.4 Å². The van der Waals surface area contributed by atoms with Gasteiger partial charge in [-0.05, 0) is 30.7 Å². The third-order valence-corrected chi connectivity index (χ3v) is 5.55. The third-order valence-electron chi connectivity index (χ3n) is 4.62. The van der Waals surface area contributed by atoms with E-state index in [0.717, 1.165) is 37.5 Å². The van der Waals surface area contributed by atoms with Crippen molar-refractivity contribution < 1.29 is 0 Å². The van der Waals surface area contributed by atoms with Gasteiger partial charge in [-0.25, -0.2) is 15.0 Å². The summed E-state index contributed by atoms with van der Waals surface area (Å²) in [4.78, 5) is 17.7. The summed E-state index contributed by atoms with van der Waals surface area (Å²) in [6.07, 6.45) is 3.23. The second kappa shape index (κ2) is 6.99. The molecular weight excluding hydrogens is 382 g/mol. The number of benzene rings is 2. The van der Waals surface area contributed by atoms with Gasteiger partial charge < -0.3 is 16.4 Å². The zero-order valence-corrected chi connectivity index (χ0v) is 16.4. The maximum absolute atomic E-state index is 6.35. The first-order chi connectivity index (χ1) is 14.2. The van der Waals surface area contributed by atoms with Crippen molar-refractivity contribution in [3.05, 3.63) is 66.6 Å². The molecule has 0 aliphatic carbocycles. The first kappa shape index (κ1) is 17.3. The number of aromatic nitrogens is 4. The number of fused-ring (bicyclic) bond motifs is 2. The number of anilines is 5. The Bertz CT molecular complexity index is 1340. The predicted octanol–water partition coefficient (Wildman–Crippen LogP) is 5.01. The van der Waals surface area contributed by atoms with Gasteiger partial charge in [-0.15, -0.1) is 0 Å². The van der Waals surface area contributed by atoms with E-state index in [1.54, 1.807) is 17.5 Å². The zero-order chi connectivity index (χ0) is 19.8. The number of nitrogen functional groups attached to an aromatic ring is 1. The Kier molecular flexibility index (Phi) is 4.18. The number of hydrogen-bond acceptors (Lipinski definition) is 8. The largest absolute Gasteiger partial charge is 0.393 e. The molecule has 0 aliphatic rings. The van der Waals surface area contributed by atoms with E-state index >= 15 is 0 Å². The van der Waals surface area contributed by atoms with Crippen LogP contribution < -0.4 is 16.4 Å². The number of hydrogen-bond donors (Lipinski definition) is 3. The molecule has 0 aliphatic heterocycles. The SMILES string of the molecule is Cc1cccc2sc(Nc3ncnc(Nc4cccc5cccnc45)c3N)nc12. The Morgan fingerprint density at radius 3 is 2.52 bits per heavy atom. The topological polar surface area (TPSA) is 102 Å². The van der Waals surface area contributed by atoms with Crippen molar-refractivity contribution in [2.24, 2.45) is 0 Å². The molecule has 2 aromatic carbocycles. The summed E-state index contributed by atoms with van der Waals surface area (Å²) in [5.74, 6) is 1.02. The summed E-state index contributed by atoms with van der Waals surface area (Å²) in [6.45, 7) is 2.05. The molecule has 0 fully saturated rings. The molecule has 0 saturated heterocycles. The summed E-state index contributed by atoms with van der Waals surface area (Å²) in [5.41, 5.74) is 10.6. The van der Waals surface area contributed by atoms with Crippen LogP contribution in [0.25, 0.3) is 21.1 Å². The number of aryl methyl sites for hydroxylation is 1. The number of thiazole rings is 1. The van der Waals surface area contributed by atoms with Crippen LogP contribution in [0.1, 0.15) is 5.56 Å². The van der Waals surface area contributed by atoms with Crippen LogP contribution in [0.4, 0.5) is 28.1 Å². The van der Waals surface area contributed by atoms with Gasteiger partial charge >= 0.3 is 0 Å². The Morgan fingerprint density at radius 2 is 1.66 bits per heavy atom. The summed E-state index contributed by atoms with van der Waals surface area (Å²) in [7, 11) is 0. The molecule has 3 aromatic heterocycles. The van der Waals surface area contributed by atoms with Crippen molar-refractivity contribution in [1.29, 1.82) is 0 Å². The van der Waals surface area contributed by atoms with E-state index in [0.29, 0.717) is 17.3 Å². The molecule has 4 N–H and O–H groups in total. The Balaban J connectivity index is 1.48. The Morgan fingerprint density at radius 1 is 0.862 bits per heavy atom. The minimum atomic E-state index is 0.413. The first-order valence-corrected chi connectivity index (χ1v) is 9.85. The van der Waals surface area contributed by atoms with Gasteiger partial charge in [0.05, 0.1) is 21.4 Å². The third kappa shape index (κ3) is 3.19. The van der Waals surface area contributed by atoms with Crippen LogP contribution >= 0.6 is 11.3 Å². The fraction of sp³-hybridized carbons (Fsp3) is 0.0476. The molecule has 5 rings (SSSR count). The van der Waals surface area contributed by atoms with E-state index in [1.807, 2.05) is 49.4 Å². The lowest BCUT2D eigenvalue weighted by molar-refractivity contribution is 1.17. The van der Waals surface area contributed by atoms with Crippen LogP contribution in [0.2, 0.25) is 0 Å². The van der Waals surface area contributed by atoms with Gasteiger partial charge in [0.2, 0.25) is 0 Å². The van der Waals surface area contributed by atoms with E-state index in [9.17, 15) is 0 Å². The molecule has 0 bridgehead atoms. The number of nitrogens with one attached hydrogen (secondary N) is 2. The van der Waals surface area contributed by atoms with E-state index in [2.05, 4.69) is 36.6 Å². The molecule has 142 valence electrons. The number of para-hydroxylation sites is 2. The molecule has 5 aromatic rings. The fourth-order valence-corrected chi connectivity index (χ4v) is 4.11. The highest BCUT2D eigenvalue weighted by molar-refractivity contribution is 7.22. The molecule has 3 heterocycles. The smallest absolute Gasteiger partial charge is 0.189 e. The van der Waals surface area contributed by atoms with Crippen molar-refractivity contribution in [1.82, 2.24) is 19.9 Å². The second-order valence-electron chi connectivity index (χ2n) is 6.56. The molecule has 0 atom stereocenters. The van der Waals surface area contributed by atoms with Crippen molar-refractivity contribution in [3.8, 4) is 0 Å². The van der Waals surface area contributed by atoms with Crippen molar-refractivity contribution in [2.45, 2.75) is 6.92 Å². The molecule has 0 spiro atoms. The number of rotatable bonds is 4. The number of nitrogens with zero attached hydrogens (tertiary/aromatic N) is 4. The predicted molar refractivity (Wildman–Crippen MR) is 119 cm³/mol.